The molecule has 4 heteroatoms. The van der Waals surface area contributed by atoms with E-state index in [4.69, 9.17) is 21.4 Å². The van der Waals surface area contributed by atoms with Crippen LogP contribution in [-0.4, -0.2) is 22.5 Å². The van der Waals surface area contributed by atoms with E-state index < -0.39 is 0 Å². The number of aryl methyl sites for hydroxylation is 1. The molecule has 0 bridgehead atoms. The SMILES string of the molecule is CCc1nn(CC2CCCO2)c(CC)c1C(C)Cl. The van der Waals surface area contributed by atoms with Gasteiger partial charge in [-0.25, -0.2) is 0 Å². The standard InChI is InChI=1S/C14H23ClN2O/c1-4-12-14(10(3)15)13(5-2)17(16-12)9-11-7-6-8-18-11/h10-11H,4-9H2,1-3H3. The zero-order valence-electron chi connectivity index (χ0n) is 11.6. The molecule has 0 spiro atoms. The summed E-state index contributed by atoms with van der Waals surface area (Å²) in [5, 5.41) is 4.77. The number of alkyl halides is 1. The molecule has 1 aliphatic rings. The van der Waals surface area contributed by atoms with E-state index in [1.165, 1.54) is 17.7 Å². The van der Waals surface area contributed by atoms with Crippen molar-refractivity contribution in [3.63, 3.8) is 0 Å². The molecule has 1 saturated heterocycles. The van der Waals surface area contributed by atoms with Crippen molar-refractivity contribution in [2.45, 2.75) is 64.5 Å². The van der Waals surface area contributed by atoms with Crippen molar-refractivity contribution in [2.24, 2.45) is 0 Å². The molecular weight excluding hydrogens is 248 g/mol. The lowest BCUT2D eigenvalue weighted by Gasteiger charge is -2.13. The van der Waals surface area contributed by atoms with Gasteiger partial charge in [-0.3, -0.25) is 4.68 Å². The van der Waals surface area contributed by atoms with Gasteiger partial charge in [-0.1, -0.05) is 13.8 Å². The largest absolute Gasteiger partial charge is 0.376 e. The summed E-state index contributed by atoms with van der Waals surface area (Å²) in [6.07, 6.45) is 4.57. The smallest absolute Gasteiger partial charge is 0.0771 e. The second kappa shape index (κ2) is 6.07. The van der Waals surface area contributed by atoms with Crippen LogP contribution in [0.5, 0.6) is 0 Å². The fourth-order valence-corrected chi connectivity index (χ4v) is 3.04. The van der Waals surface area contributed by atoms with Crippen molar-refractivity contribution < 1.29 is 4.74 Å². The molecule has 2 unspecified atom stereocenters. The molecule has 0 saturated carbocycles. The first-order valence-electron chi connectivity index (χ1n) is 7.01. The Morgan fingerprint density at radius 2 is 2.22 bits per heavy atom. The summed E-state index contributed by atoms with van der Waals surface area (Å²) in [4.78, 5) is 0. The molecule has 0 N–H and O–H groups in total. The van der Waals surface area contributed by atoms with E-state index in [-0.39, 0.29) is 5.38 Å². The highest BCUT2D eigenvalue weighted by molar-refractivity contribution is 6.20. The van der Waals surface area contributed by atoms with Crippen LogP contribution in [0.3, 0.4) is 0 Å². The van der Waals surface area contributed by atoms with Crippen LogP contribution in [0.25, 0.3) is 0 Å². The van der Waals surface area contributed by atoms with Gasteiger partial charge in [-0.2, -0.15) is 5.10 Å². The minimum atomic E-state index is 0.0353. The first kappa shape index (κ1) is 13.9. The van der Waals surface area contributed by atoms with Gasteiger partial charge in [0.2, 0.25) is 0 Å². The van der Waals surface area contributed by atoms with Crippen LogP contribution in [0.1, 0.15) is 55.9 Å². The van der Waals surface area contributed by atoms with E-state index in [1.807, 2.05) is 6.92 Å². The molecule has 0 aromatic carbocycles. The van der Waals surface area contributed by atoms with E-state index in [1.54, 1.807) is 0 Å². The molecule has 2 heterocycles. The van der Waals surface area contributed by atoms with E-state index in [0.29, 0.717) is 6.10 Å². The molecule has 1 aromatic rings. The van der Waals surface area contributed by atoms with Gasteiger partial charge in [-0.05, 0) is 32.6 Å². The lowest BCUT2D eigenvalue weighted by Crippen LogP contribution is -2.18. The summed E-state index contributed by atoms with van der Waals surface area (Å²) in [7, 11) is 0. The Bertz CT molecular complexity index is 395. The highest BCUT2D eigenvalue weighted by Crippen LogP contribution is 2.29. The fourth-order valence-electron chi connectivity index (χ4n) is 2.79. The van der Waals surface area contributed by atoms with E-state index in [0.717, 1.165) is 38.1 Å². The minimum absolute atomic E-state index is 0.0353. The number of hydrogen-bond donors (Lipinski definition) is 0. The Labute approximate surface area is 114 Å². The average molecular weight is 271 g/mol. The summed E-state index contributed by atoms with van der Waals surface area (Å²) in [5.41, 5.74) is 3.66. The van der Waals surface area contributed by atoms with Gasteiger partial charge in [0, 0.05) is 17.9 Å². The second-order valence-electron chi connectivity index (χ2n) is 4.95. The topological polar surface area (TPSA) is 27.1 Å². The number of hydrogen-bond acceptors (Lipinski definition) is 2. The van der Waals surface area contributed by atoms with E-state index in [2.05, 4.69) is 18.5 Å². The van der Waals surface area contributed by atoms with Crippen molar-refractivity contribution in [3.8, 4) is 0 Å². The van der Waals surface area contributed by atoms with Gasteiger partial charge in [0.25, 0.3) is 0 Å². The predicted molar refractivity (Wildman–Crippen MR) is 74.2 cm³/mol. The molecule has 102 valence electrons. The predicted octanol–water partition coefficient (Wildman–Crippen LogP) is 3.49. The van der Waals surface area contributed by atoms with Gasteiger partial charge in [0.15, 0.2) is 0 Å². The summed E-state index contributed by atoms with van der Waals surface area (Å²) >= 11 is 6.32. The van der Waals surface area contributed by atoms with Crippen molar-refractivity contribution in [2.75, 3.05) is 6.61 Å². The van der Waals surface area contributed by atoms with Crippen LogP contribution in [-0.2, 0) is 24.1 Å². The highest BCUT2D eigenvalue weighted by Gasteiger charge is 2.22. The van der Waals surface area contributed by atoms with Crippen molar-refractivity contribution in [1.82, 2.24) is 9.78 Å². The lowest BCUT2D eigenvalue weighted by molar-refractivity contribution is 0.0931. The Kier molecular flexibility index (Phi) is 4.68. The molecular formula is C14H23ClN2O. The zero-order valence-corrected chi connectivity index (χ0v) is 12.3. The molecule has 1 aromatic heterocycles. The molecule has 2 atom stereocenters. The van der Waals surface area contributed by atoms with Crippen LogP contribution in [0.4, 0.5) is 0 Å². The maximum absolute atomic E-state index is 6.32. The lowest BCUT2D eigenvalue weighted by atomic mass is 10.1. The van der Waals surface area contributed by atoms with Crippen molar-refractivity contribution in [1.29, 1.82) is 0 Å². The van der Waals surface area contributed by atoms with Crippen LogP contribution in [0.2, 0.25) is 0 Å². The summed E-state index contributed by atoms with van der Waals surface area (Å²) in [6, 6.07) is 0. The Morgan fingerprint density at radius 3 is 2.72 bits per heavy atom. The van der Waals surface area contributed by atoms with Crippen LogP contribution in [0, 0.1) is 0 Å². The van der Waals surface area contributed by atoms with Gasteiger partial charge >= 0.3 is 0 Å². The van der Waals surface area contributed by atoms with Gasteiger partial charge in [0.05, 0.1) is 23.7 Å². The van der Waals surface area contributed by atoms with E-state index in [9.17, 15) is 0 Å². The van der Waals surface area contributed by atoms with Gasteiger partial charge in [-0.15, -0.1) is 11.6 Å². The van der Waals surface area contributed by atoms with Gasteiger partial charge in [0.1, 0.15) is 0 Å². The molecule has 18 heavy (non-hydrogen) atoms. The van der Waals surface area contributed by atoms with Crippen LogP contribution >= 0.6 is 11.6 Å². The number of nitrogens with zero attached hydrogens (tertiary/aromatic N) is 2. The summed E-state index contributed by atoms with van der Waals surface area (Å²) in [6.45, 7) is 8.12. The molecule has 3 nitrogen and oxygen atoms in total. The molecule has 0 radical (unpaired) electrons. The fraction of sp³-hybridized carbons (Fsp3) is 0.786. The molecule has 1 fully saturated rings. The summed E-state index contributed by atoms with van der Waals surface area (Å²) in [5.74, 6) is 0. The van der Waals surface area contributed by atoms with E-state index >= 15 is 0 Å². The quantitative estimate of drug-likeness (QED) is 0.766. The monoisotopic (exact) mass is 270 g/mol. The van der Waals surface area contributed by atoms with Crippen LogP contribution < -0.4 is 0 Å². The number of aromatic nitrogens is 2. The van der Waals surface area contributed by atoms with Crippen molar-refractivity contribution >= 4 is 11.6 Å². The zero-order chi connectivity index (χ0) is 13.1. The molecule has 0 amide bonds. The maximum Gasteiger partial charge on any atom is 0.0771 e. The Balaban J connectivity index is 2.28. The molecule has 1 aliphatic heterocycles. The first-order valence-corrected chi connectivity index (χ1v) is 7.45. The number of halogens is 1. The first-order chi connectivity index (χ1) is 8.67. The van der Waals surface area contributed by atoms with Crippen molar-refractivity contribution in [3.05, 3.63) is 17.0 Å². The maximum atomic E-state index is 6.32. The second-order valence-corrected chi connectivity index (χ2v) is 5.60. The molecule has 0 aliphatic carbocycles. The Hall–Kier alpha value is -0.540. The highest BCUT2D eigenvalue weighted by atomic mass is 35.5. The third-order valence-corrected chi connectivity index (χ3v) is 3.86. The third kappa shape index (κ3) is 2.72. The van der Waals surface area contributed by atoms with Crippen LogP contribution in [0.15, 0.2) is 0 Å². The normalized spacial score (nSPS) is 21.4. The molecule has 2 rings (SSSR count). The van der Waals surface area contributed by atoms with Gasteiger partial charge < -0.3 is 4.74 Å². The number of ether oxygens (including phenoxy) is 1. The summed E-state index contributed by atoms with van der Waals surface area (Å²) < 4.78 is 7.83. The average Bonchev–Trinajstić information content (AvgIpc) is 2.96. The number of rotatable bonds is 5. The Morgan fingerprint density at radius 1 is 1.44 bits per heavy atom. The third-order valence-electron chi connectivity index (χ3n) is 3.64. The minimum Gasteiger partial charge on any atom is -0.376 e.